The molecule has 0 bridgehead atoms. The number of rotatable bonds is 8. The summed E-state index contributed by atoms with van der Waals surface area (Å²) in [6.45, 7) is 5.06. The number of hydrogen-bond acceptors (Lipinski definition) is 5. The maximum atomic E-state index is 12.7. The smallest absolute Gasteiger partial charge is 0.261 e. The molecule has 0 aliphatic carbocycles. The van der Waals surface area contributed by atoms with E-state index in [-0.39, 0.29) is 4.90 Å². The fraction of sp³-hybridized carbons (Fsp3) is 0.208. The minimum atomic E-state index is -3.83. The van der Waals surface area contributed by atoms with Crippen LogP contribution in [0, 0.1) is 20.8 Å². The highest BCUT2D eigenvalue weighted by molar-refractivity contribution is 7.92. The molecule has 0 saturated heterocycles. The molecule has 11 heteroatoms. The zero-order valence-electron chi connectivity index (χ0n) is 19.7. The topological polar surface area (TPSA) is 113 Å². The molecule has 0 aromatic heterocycles. The number of aryl methyl sites for hydroxylation is 3. The van der Waals surface area contributed by atoms with Gasteiger partial charge in [0.15, 0.2) is 0 Å². The molecule has 8 nitrogen and oxygen atoms in total. The maximum absolute atomic E-state index is 12.7. The Morgan fingerprint density at radius 1 is 0.829 bits per heavy atom. The molecule has 0 aliphatic rings. The second kappa shape index (κ2) is 10.3. The van der Waals surface area contributed by atoms with Crippen LogP contribution in [0.3, 0.4) is 0 Å². The van der Waals surface area contributed by atoms with Gasteiger partial charge < -0.3 is 5.32 Å². The van der Waals surface area contributed by atoms with Crippen molar-refractivity contribution in [2.24, 2.45) is 0 Å². The molecular formula is C24H26ClN3O5S2. The van der Waals surface area contributed by atoms with E-state index in [2.05, 4.69) is 10.0 Å². The van der Waals surface area contributed by atoms with Gasteiger partial charge in [0.2, 0.25) is 15.9 Å². The molecule has 3 aromatic carbocycles. The first-order valence-electron chi connectivity index (χ1n) is 10.5. The van der Waals surface area contributed by atoms with Gasteiger partial charge in [0.25, 0.3) is 10.0 Å². The van der Waals surface area contributed by atoms with Gasteiger partial charge in [-0.3, -0.25) is 13.8 Å². The largest absolute Gasteiger partial charge is 0.325 e. The van der Waals surface area contributed by atoms with Crippen LogP contribution in [-0.2, 0) is 24.8 Å². The number of carbonyl (C=O) groups is 1. The van der Waals surface area contributed by atoms with Crippen LogP contribution >= 0.6 is 11.6 Å². The molecule has 1 amide bonds. The molecular weight excluding hydrogens is 510 g/mol. The normalized spacial score (nSPS) is 11.7. The van der Waals surface area contributed by atoms with Crippen LogP contribution in [0.5, 0.6) is 0 Å². The lowest BCUT2D eigenvalue weighted by atomic mass is 10.1. The number of halogens is 1. The summed E-state index contributed by atoms with van der Waals surface area (Å²) in [5.74, 6) is -0.589. The first-order valence-corrected chi connectivity index (χ1v) is 14.2. The summed E-state index contributed by atoms with van der Waals surface area (Å²) >= 11 is 5.96. The predicted molar refractivity (Wildman–Crippen MR) is 140 cm³/mol. The average Bonchev–Trinajstić information content (AvgIpc) is 2.74. The monoisotopic (exact) mass is 535 g/mol. The van der Waals surface area contributed by atoms with Crippen LogP contribution in [0.25, 0.3) is 0 Å². The highest BCUT2D eigenvalue weighted by Gasteiger charge is 2.23. The van der Waals surface area contributed by atoms with Crippen molar-refractivity contribution in [3.63, 3.8) is 0 Å². The number of carbonyl (C=O) groups excluding carboxylic acids is 1. The van der Waals surface area contributed by atoms with Crippen molar-refractivity contribution in [2.45, 2.75) is 25.7 Å². The van der Waals surface area contributed by atoms with Crippen LogP contribution in [-0.4, -0.2) is 35.5 Å². The Balaban J connectivity index is 1.73. The van der Waals surface area contributed by atoms with Gasteiger partial charge in [0.05, 0.1) is 16.8 Å². The van der Waals surface area contributed by atoms with Crippen LogP contribution in [0.4, 0.5) is 17.1 Å². The van der Waals surface area contributed by atoms with Crippen LogP contribution < -0.4 is 14.3 Å². The first-order chi connectivity index (χ1) is 16.3. The third-order valence-electron chi connectivity index (χ3n) is 5.32. The minimum Gasteiger partial charge on any atom is -0.325 e. The van der Waals surface area contributed by atoms with Gasteiger partial charge in [-0.25, -0.2) is 16.8 Å². The first kappa shape index (κ1) is 26.5. The number of anilines is 3. The second-order valence-electron chi connectivity index (χ2n) is 8.18. The molecule has 0 aliphatic heterocycles. The summed E-state index contributed by atoms with van der Waals surface area (Å²) in [5.41, 5.74) is 3.71. The molecule has 35 heavy (non-hydrogen) atoms. The van der Waals surface area contributed by atoms with E-state index in [9.17, 15) is 21.6 Å². The van der Waals surface area contributed by atoms with E-state index >= 15 is 0 Å². The Morgan fingerprint density at radius 2 is 1.46 bits per heavy atom. The molecule has 3 rings (SSSR count). The third-order valence-corrected chi connectivity index (χ3v) is 8.08. The van der Waals surface area contributed by atoms with E-state index in [4.69, 9.17) is 11.6 Å². The number of sulfonamides is 2. The third kappa shape index (κ3) is 6.74. The van der Waals surface area contributed by atoms with Crippen molar-refractivity contribution in [2.75, 3.05) is 27.1 Å². The van der Waals surface area contributed by atoms with Gasteiger partial charge in [-0.05, 0) is 92.1 Å². The van der Waals surface area contributed by atoms with Gasteiger partial charge in [0.1, 0.15) is 6.54 Å². The molecule has 186 valence electrons. The van der Waals surface area contributed by atoms with E-state index in [0.717, 1.165) is 21.7 Å². The Kier molecular flexibility index (Phi) is 7.78. The van der Waals surface area contributed by atoms with E-state index in [1.807, 2.05) is 19.9 Å². The molecule has 0 radical (unpaired) electrons. The van der Waals surface area contributed by atoms with E-state index in [0.29, 0.717) is 27.6 Å². The number of hydrogen-bond donors (Lipinski definition) is 2. The van der Waals surface area contributed by atoms with E-state index in [1.54, 1.807) is 31.2 Å². The van der Waals surface area contributed by atoms with Gasteiger partial charge in [-0.2, -0.15) is 0 Å². The SMILES string of the molecule is Cc1ccc(NS(=O)(=O)c2ccc(NC(=O)CN(c3ccc(Cl)cc3C)S(C)(=O)=O)cc2)cc1C. The zero-order valence-corrected chi connectivity index (χ0v) is 22.1. The van der Waals surface area contributed by atoms with Gasteiger partial charge in [-0.1, -0.05) is 17.7 Å². The number of amides is 1. The van der Waals surface area contributed by atoms with Crippen LogP contribution in [0.15, 0.2) is 65.6 Å². The van der Waals surface area contributed by atoms with Crippen LogP contribution in [0.1, 0.15) is 16.7 Å². The van der Waals surface area contributed by atoms with E-state index < -0.39 is 32.5 Å². The fourth-order valence-electron chi connectivity index (χ4n) is 3.35. The molecule has 0 unspecified atom stereocenters. The van der Waals surface area contributed by atoms with Crippen molar-refractivity contribution in [1.29, 1.82) is 0 Å². The number of nitrogens with one attached hydrogen (secondary N) is 2. The van der Waals surface area contributed by atoms with E-state index in [1.165, 1.54) is 30.3 Å². The highest BCUT2D eigenvalue weighted by atomic mass is 35.5. The number of benzene rings is 3. The highest BCUT2D eigenvalue weighted by Crippen LogP contribution is 2.26. The summed E-state index contributed by atoms with van der Waals surface area (Å²) in [4.78, 5) is 12.6. The van der Waals surface area contributed by atoms with Crippen LogP contribution in [0.2, 0.25) is 5.02 Å². The standard InChI is InChI=1S/C24H26ClN3O5S2/c1-16-5-7-21(14-17(16)2)27-35(32,33)22-10-8-20(9-11-22)26-24(29)15-28(34(4,30)31)23-12-6-19(25)13-18(23)3/h5-14,27H,15H2,1-4H3,(H,26,29). The molecule has 0 spiro atoms. The fourth-order valence-corrected chi connectivity index (χ4v) is 5.54. The van der Waals surface area contributed by atoms with Gasteiger partial charge in [0, 0.05) is 16.4 Å². The molecule has 3 aromatic rings. The summed E-state index contributed by atoms with van der Waals surface area (Å²) in [6, 6.07) is 15.5. The Morgan fingerprint density at radius 3 is 2.03 bits per heavy atom. The predicted octanol–water partition coefficient (Wildman–Crippen LogP) is 4.47. The summed E-state index contributed by atoms with van der Waals surface area (Å²) in [7, 11) is -7.59. The maximum Gasteiger partial charge on any atom is 0.261 e. The Bertz CT molecular complexity index is 1470. The number of nitrogens with zero attached hydrogens (tertiary/aromatic N) is 1. The molecule has 0 saturated carbocycles. The molecule has 0 fully saturated rings. The summed E-state index contributed by atoms with van der Waals surface area (Å²) < 4.78 is 53.6. The summed E-state index contributed by atoms with van der Waals surface area (Å²) in [6.07, 6.45) is 1.01. The Labute approximate surface area is 211 Å². The van der Waals surface area contributed by atoms with Crippen molar-refractivity contribution in [3.8, 4) is 0 Å². The molecule has 2 N–H and O–H groups in total. The molecule has 0 atom stereocenters. The quantitative estimate of drug-likeness (QED) is 0.442. The average molecular weight is 536 g/mol. The lowest BCUT2D eigenvalue weighted by molar-refractivity contribution is -0.114. The Hall–Kier alpha value is -3.08. The minimum absolute atomic E-state index is 0.0169. The second-order valence-corrected chi connectivity index (χ2v) is 12.2. The van der Waals surface area contributed by atoms with Crippen molar-refractivity contribution in [1.82, 2.24) is 0 Å². The zero-order chi connectivity index (χ0) is 26.0. The van der Waals surface area contributed by atoms with Crippen molar-refractivity contribution >= 4 is 54.6 Å². The van der Waals surface area contributed by atoms with Crippen molar-refractivity contribution in [3.05, 3.63) is 82.4 Å². The summed E-state index contributed by atoms with van der Waals surface area (Å²) in [5, 5.41) is 3.05. The van der Waals surface area contributed by atoms with Gasteiger partial charge in [-0.15, -0.1) is 0 Å². The molecule has 0 heterocycles. The lowest BCUT2D eigenvalue weighted by Crippen LogP contribution is -2.37. The van der Waals surface area contributed by atoms with Gasteiger partial charge >= 0.3 is 0 Å². The van der Waals surface area contributed by atoms with Crippen molar-refractivity contribution < 1.29 is 21.6 Å². The lowest BCUT2D eigenvalue weighted by Gasteiger charge is -2.23.